The van der Waals surface area contributed by atoms with E-state index in [-0.39, 0.29) is 5.54 Å². The zero-order chi connectivity index (χ0) is 8.04. The van der Waals surface area contributed by atoms with Crippen molar-refractivity contribution >= 4 is 0 Å². The summed E-state index contributed by atoms with van der Waals surface area (Å²) in [5.41, 5.74) is 0.173. The van der Waals surface area contributed by atoms with Crippen molar-refractivity contribution in [1.82, 2.24) is 10.6 Å². The fraction of sp³-hybridized carbons (Fsp3) is 0.750. The van der Waals surface area contributed by atoms with Crippen molar-refractivity contribution in [3.8, 4) is 0 Å². The minimum atomic E-state index is 0.173. The van der Waals surface area contributed by atoms with Crippen LogP contribution in [0.3, 0.4) is 0 Å². The molecule has 0 aromatic carbocycles. The van der Waals surface area contributed by atoms with Crippen LogP contribution in [0.4, 0.5) is 0 Å². The van der Waals surface area contributed by atoms with E-state index in [0.29, 0.717) is 0 Å². The monoisotopic (exact) mass is 142 g/mol. The summed E-state index contributed by atoms with van der Waals surface area (Å²) in [4.78, 5) is 0. The standard InChI is InChI=1S/C8H18N2/c1-5-9-6-7-10-8(2,3)4/h6-7,9-10H,5H2,1-4H3/b7-6+. The molecule has 2 heteroatoms. The maximum atomic E-state index is 3.21. The Morgan fingerprint density at radius 2 is 1.80 bits per heavy atom. The van der Waals surface area contributed by atoms with Gasteiger partial charge in [-0.3, -0.25) is 0 Å². The molecule has 0 bridgehead atoms. The molecule has 0 saturated carbocycles. The van der Waals surface area contributed by atoms with Crippen LogP contribution in [0.2, 0.25) is 0 Å². The summed E-state index contributed by atoms with van der Waals surface area (Å²) in [5, 5.41) is 6.29. The first-order valence-electron chi connectivity index (χ1n) is 3.72. The van der Waals surface area contributed by atoms with E-state index in [4.69, 9.17) is 0 Å². The summed E-state index contributed by atoms with van der Waals surface area (Å²) >= 11 is 0. The van der Waals surface area contributed by atoms with Gasteiger partial charge in [-0.1, -0.05) is 0 Å². The average Bonchev–Trinajstić information content (AvgIpc) is 1.78. The summed E-state index contributed by atoms with van der Waals surface area (Å²) < 4.78 is 0. The first kappa shape index (κ1) is 9.34. The molecule has 0 fully saturated rings. The van der Waals surface area contributed by atoms with Gasteiger partial charge in [0.05, 0.1) is 0 Å². The Morgan fingerprint density at radius 1 is 1.20 bits per heavy atom. The highest BCUT2D eigenvalue weighted by atomic mass is 14.9. The van der Waals surface area contributed by atoms with E-state index < -0.39 is 0 Å². The molecule has 0 aromatic heterocycles. The number of rotatable bonds is 3. The normalized spacial score (nSPS) is 12.0. The zero-order valence-corrected chi connectivity index (χ0v) is 7.36. The zero-order valence-electron chi connectivity index (χ0n) is 7.36. The molecule has 10 heavy (non-hydrogen) atoms. The van der Waals surface area contributed by atoms with E-state index in [1.807, 2.05) is 12.4 Å². The predicted octanol–water partition coefficient (Wildman–Crippen LogP) is 1.46. The molecule has 0 saturated heterocycles. The molecule has 0 spiro atoms. The van der Waals surface area contributed by atoms with Gasteiger partial charge in [-0.05, 0) is 27.7 Å². The van der Waals surface area contributed by atoms with Crippen LogP contribution in [0.15, 0.2) is 12.4 Å². The summed E-state index contributed by atoms with van der Waals surface area (Å²) in [6, 6.07) is 0. The third-order valence-electron chi connectivity index (χ3n) is 0.922. The first-order chi connectivity index (χ1) is 4.56. The van der Waals surface area contributed by atoms with Crippen molar-refractivity contribution < 1.29 is 0 Å². The second-order valence-electron chi connectivity index (χ2n) is 3.29. The molecule has 2 N–H and O–H groups in total. The van der Waals surface area contributed by atoms with Gasteiger partial charge < -0.3 is 10.6 Å². The van der Waals surface area contributed by atoms with E-state index in [0.717, 1.165) is 6.54 Å². The lowest BCUT2D eigenvalue weighted by atomic mass is 10.1. The van der Waals surface area contributed by atoms with Gasteiger partial charge >= 0.3 is 0 Å². The number of hydrogen-bond donors (Lipinski definition) is 2. The summed E-state index contributed by atoms with van der Waals surface area (Å²) in [6.07, 6.45) is 3.86. The Morgan fingerprint density at radius 3 is 2.20 bits per heavy atom. The van der Waals surface area contributed by atoms with Crippen molar-refractivity contribution in [3.05, 3.63) is 12.4 Å². The predicted molar refractivity (Wildman–Crippen MR) is 45.7 cm³/mol. The van der Waals surface area contributed by atoms with Gasteiger partial charge in [0.2, 0.25) is 0 Å². The molecule has 0 heterocycles. The summed E-state index contributed by atoms with van der Waals surface area (Å²) in [7, 11) is 0. The van der Waals surface area contributed by atoms with E-state index in [9.17, 15) is 0 Å². The maximum absolute atomic E-state index is 3.21. The van der Waals surface area contributed by atoms with Gasteiger partial charge in [0.15, 0.2) is 0 Å². The van der Waals surface area contributed by atoms with Crippen LogP contribution >= 0.6 is 0 Å². The van der Waals surface area contributed by atoms with E-state index in [2.05, 4.69) is 38.3 Å². The SMILES string of the molecule is CCN/C=C/NC(C)(C)C. The Kier molecular flexibility index (Phi) is 3.93. The molecule has 0 radical (unpaired) electrons. The van der Waals surface area contributed by atoms with Crippen LogP contribution in [-0.4, -0.2) is 12.1 Å². The van der Waals surface area contributed by atoms with Gasteiger partial charge in [-0.25, -0.2) is 0 Å². The van der Waals surface area contributed by atoms with Gasteiger partial charge in [-0.2, -0.15) is 0 Å². The highest BCUT2D eigenvalue weighted by molar-refractivity contribution is 4.83. The molecule has 0 unspecified atom stereocenters. The van der Waals surface area contributed by atoms with Gasteiger partial charge in [0.1, 0.15) is 0 Å². The number of hydrogen-bond acceptors (Lipinski definition) is 2. The molecule has 0 aliphatic rings. The third kappa shape index (κ3) is 7.34. The van der Waals surface area contributed by atoms with E-state index in [1.54, 1.807) is 0 Å². The fourth-order valence-corrected chi connectivity index (χ4v) is 0.468. The minimum absolute atomic E-state index is 0.173. The molecule has 0 aromatic rings. The van der Waals surface area contributed by atoms with Crippen molar-refractivity contribution in [2.75, 3.05) is 6.54 Å². The van der Waals surface area contributed by atoms with Gasteiger partial charge in [0, 0.05) is 24.5 Å². The lowest BCUT2D eigenvalue weighted by Gasteiger charge is -2.18. The lowest BCUT2D eigenvalue weighted by molar-refractivity contribution is 0.490. The smallest absolute Gasteiger partial charge is 0.0284 e. The van der Waals surface area contributed by atoms with Crippen LogP contribution in [0.5, 0.6) is 0 Å². The van der Waals surface area contributed by atoms with Crippen LogP contribution in [0.25, 0.3) is 0 Å². The van der Waals surface area contributed by atoms with Crippen LogP contribution in [-0.2, 0) is 0 Å². The molecule has 0 rings (SSSR count). The fourth-order valence-electron chi connectivity index (χ4n) is 0.468. The largest absolute Gasteiger partial charge is 0.390 e. The number of nitrogens with one attached hydrogen (secondary N) is 2. The third-order valence-corrected chi connectivity index (χ3v) is 0.922. The summed E-state index contributed by atoms with van der Waals surface area (Å²) in [6.45, 7) is 9.43. The first-order valence-corrected chi connectivity index (χ1v) is 3.72. The van der Waals surface area contributed by atoms with E-state index >= 15 is 0 Å². The Balaban J connectivity index is 3.34. The van der Waals surface area contributed by atoms with Crippen LogP contribution in [0.1, 0.15) is 27.7 Å². The second kappa shape index (κ2) is 4.20. The average molecular weight is 142 g/mol. The Hall–Kier alpha value is -0.660. The van der Waals surface area contributed by atoms with Crippen molar-refractivity contribution in [1.29, 1.82) is 0 Å². The second-order valence-corrected chi connectivity index (χ2v) is 3.29. The van der Waals surface area contributed by atoms with Crippen molar-refractivity contribution in [3.63, 3.8) is 0 Å². The van der Waals surface area contributed by atoms with Gasteiger partial charge in [0.25, 0.3) is 0 Å². The van der Waals surface area contributed by atoms with Crippen molar-refractivity contribution in [2.45, 2.75) is 33.2 Å². The molecule has 2 nitrogen and oxygen atoms in total. The molecule has 60 valence electrons. The topological polar surface area (TPSA) is 24.1 Å². The quantitative estimate of drug-likeness (QED) is 0.623. The summed E-state index contributed by atoms with van der Waals surface area (Å²) in [5.74, 6) is 0. The molecule has 0 atom stereocenters. The maximum Gasteiger partial charge on any atom is 0.0284 e. The van der Waals surface area contributed by atoms with Crippen LogP contribution in [0, 0.1) is 0 Å². The van der Waals surface area contributed by atoms with Gasteiger partial charge in [-0.15, -0.1) is 0 Å². The van der Waals surface area contributed by atoms with Crippen LogP contribution < -0.4 is 10.6 Å². The molecule has 0 aliphatic heterocycles. The molecular formula is C8H18N2. The lowest BCUT2D eigenvalue weighted by Crippen LogP contribution is -2.31. The molecule has 0 amide bonds. The van der Waals surface area contributed by atoms with E-state index in [1.165, 1.54) is 0 Å². The Labute approximate surface area is 63.7 Å². The molecule has 0 aliphatic carbocycles. The highest BCUT2D eigenvalue weighted by Crippen LogP contribution is 1.96. The Bertz CT molecular complexity index is 100. The minimum Gasteiger partial charge on any atom is -0.390 e. The van der Waals surface area contributed by atoms with Crippen molar-refractivity contribution in [2.24, 2.45) is 0 Å². The molecular weight excluding hydrogens is 124 g/mol. The highest BCUT2D eigenvalue weighted by Gasteiger charge is 2.03.